The summed E-state index contributed by atoms with van der Waals surface area (Å²) in [5.74, 6) is 1.44. The summed E-state index contributed by atoms with van der Waals surface area (Å²) in [6.45, 7) is 9.03. The molecule has 0 amide bonds. The zero-order valence-corrected chi connectivity index (χ0v) is 10.2. The Kier molecular flexibility index (Phi) is 4.00. The molecule has 1 saturated carbocycles. The van der Waals surface area contributed by atoms with E-state index in [2.05, 4.69) is 27.7 Å². The van der Waals surface area contributed by atoms with Gasteiger partial charge in [-0.3, -0.25) is 0 Å². The van der Waals surface area contributed by atoms with Crippen molar-refractivity contribution in [2.75, 3.05) is 0 Å². The van der Waals surface area contributed by atoms with Gasteiger partial charge in [0.2, 0.25) is 0 Å². The van der Waals surface area contributed by atoms with Crippen molar-refractivity contribution in [2.45, 2.75) is 65.9 Å². The molecule has 0 radical (unpaired) electrons. The van der Waals surface area contributed by atoms with Gasteiger partial charge in [-0.25, -0.2) is 0 Å². The van der Waals surface area contributed by atoms with E-state index in [1.165, 1.54) is 19.3 Å². The maximum absolute atomic E-state index is 9.92. The summed E-state index contributed by atoms with van der Waals surface area (Å²) in [6, 6.07) is 0. The van der Waals surface area contributed by atoms with Crippen LogP contribution < -0.4 is 0 Å². The highest BCUT2D eigenvalue weighted by atomic mass is 16.3. The molecule has 2 unspecified atom stereocenters. The summed E-state index contributed by atoms with van der Waals surface area (Å²) in [6.07, 6.45) is 6.03. The molecule has 0 aromatic carbocycles. The molecule has 0 bridgehead atoms. The maximum Gasteiger partial charge on any atom is 0.0545 e. The van der Waals surface area contributed by atoms with Crippen molar-refractivity contribution in [1.29, 1.82) is 0 Å². The highest BCUT2D eigenvalue weighted by Gasteiger charge is 2.26. The van der Waals surface area contributed by atoms with Gasteiger partial charge in [-0.2, -0.15) is 0 Å². The van der Waals surface area contributed by atoms with Crippen LogP contribution in [-0.2, 0) is 0 Å². The van der Waals surface area contributed by atoms with Crippen molar-refractivity contribution in [3.05, 3.63) is 0 Å². The third-order valence-corrected chi connectivity index (χ3v) is 3.93. The molecule has 0 aliphatic heterocycles. The molecule has 1 fully saturated rings. The van der Waals surface area contributed by atoms with E-state index in [1.807, 2.05) is 0 Å². The molecule has 0 aromatic heterocycles. The van der Waals surface area contributed by atoms with Crippen molar-refractivity contribution in [2.24, 2.45) is 17.3 Å². The van der Waals surface area contributed by atoms with Gasteiger partial charge in [0, 0.05) is 0 Å². The third kappa shape index (κ3) is 3.61. The summed E-state index contributed by atoms with van der Waals surface area (Å²) < 4.78 is 0. The molecule has 2 atom stereocenters. The number of aliphatic hydroxyl groups excluding tert-OH is 1. The van der Waals surface area contributed by atoms with Crippen molar-refractivity contribution < 1.29 is 5.11 Å². The molecule has 84 valence electrons. The first-order valence-electron chi connectivity index (χ1n) is 6.07. The van der Waals surface area contributed by atoms with Gasteiger partial charge in [-0.1, -0.05) is 47.0 Å². The number of hydrogen-bond acceptors (Lipinski definition) is 1. The second kappa shape index (κ2) is 4.65. The molecule has 0 spiro atoms. The second-order valence-electron chi connectivity index (χ2n) is 6.19. The van der Waals surface area contributed by atoms with E-state index in [1.54, 1.807) is 0 Å². The molecular formula is C13H26O. The van der Waals surface area contributed by atoms with Gasteiger partial charge < -0.3 is 5.11 Å². The van der Waals surface area contributed by atoms with Gasteiger partial charge >= 0.3 is 0 Å². The Bertz CT molecular complexity index is 165. The molecule has 1 aliphatic rings. The minimum Gasteiger partial charge on any atom is -0.393 e. The van der Waals surface area contributed by atoms with E-state index in [0.717, 1.165) is 18.8 Å². The average molecular weight is 198 g/mol. The predicted molar refractivity (Wildman–Crippen MR) is 61.2 cm³/mol. The lowest BCUT2D eigenvalue weighted by molar-refractivity contribution is 0.0743. The Hall–Kier alpha value is -0.0400. The summed E-state index contributed by atoms with van der Waals surface area (Å²) in [5.41, 5.74) is 0.334. The maximum atomic E-state index is 9.92. The smallest absolute Gasteiger partial charge is 0.0545 e. The number of rotatable bonds is 4. The average Bonchev–Trinajstić information content (AvgIpc) is 1.95. The van der Waals surface area contributed by atoms with E-state index >= 15 is 0 Å². The Morgan fingerprint density at radius 2 is 1.86 bits per heavy atom. The quantitative estimate of drug-likeness (QED) is 0.731. The van der Waals surface area contributed by atoms with Gasteiger partial charge in [0.15, 0.2) is 0 Å². The summed E-state index contributed by atoms with van der Waals surface area (Å²) in [5, 5.41) is 9.92. The van der Waals surface area contributed by atoms with Gasteiger partial charge in [0.05, 0.1) is 6.10 Å². The van der Waals surface area contributed by atoms with Crippen LogP contribution in [0.25, 0.3) is 0 Å². The molecule has 1 rings (SSSR count). The second-order valence-corrected chi connectivity index (χ2v) is 6.19. The molecule has 1 heteroatoms. The molecule has 1 nitrogen and oxygen atoms in total. The van der Waals surface area contributed by atoms with Crippen LogP contribution in [0.15, 0.2) is 0 Å². The lowest BCUT2D eigenvalue weighted by atomic mass is 9.75. The van der Waals surface area contributed by atoms with Gasteiger partial charge in [0.25, 0.3) is 0 Å². The first kappa shape index (κ1) is 12.0. The lowest BCUT2D eigenvalue weighted by Crippen LogP contribution is -2.26. The van der Waals surface area contributed by atoms with Crippen LogP contribution in [0.3, 0.4) is 0 Å². The van der Waals surface area contributed by atoms with Gasteiger partial charge in [-0.15, -0.1) is 0 Å². The van der Waals surface area contributed by atoms with Crippen LogP contribution in [-0.4, -0.2) is 11.2 Å². The summed E-state index contributed by atoms with van der Waals surface area (Å²) in [7, 11) is 0. The highest BCUT2D eigenvalue weighted by molar-refractivity contribution is 4.77. The largest absolute Gasteiger partial charge is 0.393 e. The third-order valence-electron chi connectivity index (χ3n) is 3.93. The topological polar surface area (TPSA) is 20.2 Å². The van der Waals surface area contributed by atoms with E-state index in [4.69, 9.17) is 0 Å². The van der Waals surface area contributed by atoms with Crippen LogP contribution in [0.5, 0.6) is 0 Å². The zero-order valence-electron chi connectivity index (χ0n) is 10.2. The van der Waals surface area contributed by atoms with Crippen LogP contribution in [0, 0.1) is 17.3 Å². The van der Waals surface area contributed by atoms with Crippen molar-refractivity contribution in [3.63, 3.8) is 0 Å². The highest BCUT2D eigenvalue weighted by Crippen LogP contribution is 2.34. The Labute approximate surface area is 88.9 Å². The molecule has 1 N–H and O–H groups in total. The molecule has 0 heterocycles. The van der Waals surface area contributed by atoms with Crippen molar-refractivity contribution >= 4 is 0 Å². The molecule has 14 heavy (non-hydrogen) atoms. The minimum atomic E-state index is -0.0606. The normalized spacial score (nSPS) is 22.9. The minimum absolute atomic E-state index is 0.0606. The lowest BCUT2D eigenvalue weighted by Gasteiger charge is -2.32. The first-order valence-corrected chi connectivity index (χ1v) is 6.07. The molecule has 1 aliphatic carbocycles. The molecule has 0 saturated heterocycles. The van der Waals surface area contributed by atoms with E-state index in [0.29, 0.717) is 11.3 Å². The van der Waals surface area contributed by atoms with E-state index in [9.17, 15) is 5.11 Å². The van der Waals surface area contributed by atoms with Crippen LogP contribution in [0.2, 0.25) is 0 Å². The van der Waals surface area contributed by atoms with E-state index < -0.39 is 0 Å². The summed E-state index contributed by atoms with van der Waals surface area (Å²) >= 11 is 0. The fourth-order valence-electron chi connectivity index (χ4n) is 1.97. The van der Waals surface area contributed by atoms with Crippen LogP contribution >= 0.6 is 0 Å². The zero-order chi connectivity index (χ0) is 10.8. The first-order chi connectivity index (χ1) is 6.39. The van der Waals surface area contributed by atoms with Crippen LogP contribution in [0.1, 0.15) is 59.8 Å². The standard InChI is InChI=1S/C13H26O/c1-10(13(2,3)4)8-12(14)9-11-6-5-7-11/h10-12,14H,5-9H2,1-4H3. The monoisotopic (exact) mass is 198 g/mol. The SMILES string of the molecule is CC(CC(O)CC1CCC1)C(C)(C)C. The fourth-order valence-corrected chi connectivity index (χ4v) is 1.97. The number of hydrogen-bond donors (Lipinski definition) is 1. The molecular weight excluding hydrogens is 172 g/mol. The Morgan fingerprint density at radius 3 is 2.21 bits per heavy atom. The van der Waals surface area contributed by atoms with Crippen molar-refractivity contribution in [1.82, 2.24) is 0 Å². The van der Waals surface area contributed by atoms with E-state index in [-0.39, 0.29) is 6.10 Å². The van der Waals surface area contributed by atoms with Gasteiger partial charge in [0.1, 0.15) is 0 Å². The Balaban J connectivity index is 2.21. The number of aliphatic hydroxyl groups is 1. The molecule has 0 aromatic rings. The Morgan fingerprint density at radius 1 is 1.29 bits per heavy atom. The summed E-state index contributed by atoms with van der Waals surface area (Å²) in [4.78, 5) is 0. The predicted octanol–water partition coefficient (Wildman–Crippen LogP) is 3.61. The van der Waals surface area contributed by atoms with Crippen LogP contribution in [0.4, 0.5) is 0 Å². The van der Waals surface area contributed by atoms with Gasteiger partial charge in [-0.05, 0) is 30.1 Å². The van der Waals surface area contributed by atoms with Crippen molar-refractivity contribution in [3.8, 4) is 0 Å². The fraction of sp³-hybridized carbons (Fsp3) is 1.00.